The van der Waals surface area contributed by atoms with Crippen LogP contribution in [0.2, 0.25) is 7.87 Å². The molecular formula is C12H20O6Sn. The van der Waals surface area contributed by atoms with E-state index in [1.165, 1.54) is 27.7 Å². The third-order valence-electron chi connectivity index (χ3n) is 3.03. The summed E-state index contributed by atoms with van der Waals surface area (Å²) in [7, 11) is 0. The van der Waals surface area contributed by atoms with E-state index in [2.05, 4.69) is 0 Å². The van der Waals surface area contributed by atoms with E-state index < -0.39 is 39.0 Å². The SMILES string of the molecule is CC(=O)[O][Sn]([O]C(C)=O)([CH](C)C(C)=O)[CH](C)C(C)=O. The van der Waals surface area contributed by atoms with Gasteiger partial charge >= 0.3 is 117 Å². The Balaban J connectivity index is 5.82. The molecule has 2 unspecified atom stereocenters. The van der Waals surface area contributed by atoms with Crippen molar-refractivity contribution in [1.82, 2.24) is 0 Å². The van der Waals surface area contributed by atoms with Gasteiger partial charge in [0.05, 0.1) is 0 Å². The van der Waals surface area contributed by atoms with Crippen LogP contribution in [0.25, 0.3) is 0 Å². The van der Waals surface area contributed by atoms with Crippen molar-refractivity contribution in [2.24, 2.45) is 0 Å². The topological polar surface area (TPSA) is 86.7 Å². The molecule has 0 N–H and O–H groups in total. The quantitative estimate of drug-likeness (QED) is 0.651. The van der Waals surface area contributed by atoms with Gasteiger partial charge in [-0.2, -0.15) is 0 Å². The summed E-state index contributed by atoms with van der Waals surface area (Å²) < 4.78 is 9.09. The van der Waals surface area contributed by atoms with Crippen molar-refractivity contribution in [2.75, 3.05) is 0 Å². The molecule has 0 saturated carbocycles. The number of carbonyl (C=O) groups is 4. The van der Waals surface area contributed by atoms with Gasteiger partial charge in [-0.15, -0.1) is 0 Å². The molecule has 7 heteroatoms. The predicted molar refractivity (Wildman–Crippen MR) is 69.5 cm³/mol. The Labute approximate surface area is 117 Å². The number of rotatable bonds is 6. The Hall–Kier alpha value is -0.921. The number of hydrogen-bond donors (Lipinski definition) is 0. The van der Waals surface area contributed by atoms with E-state index in [1.54, 1.807) is 13.8 Å². The van der Waals surface area contributed by atoms with Crippen LogP contribution < -0.4 is 0 Å². The molecule has 0 saturated heterocycles. The summed E-state index contributed by atoms with van der Waals surface area (Å²) in [4.78, 5) is 45.9. The van der Waals surface area contributed by atoms with Crippen molar-refractivity contribution >= 4 is 42.7 Å². The molecule has 0 rings (SSSR count). The molecule has 0 spiro atoms. The van der Waals surface area contributed by atoms with E-state index in [4.69, 9.17) is 6.15 Å². The summed E-state index contributed by atoms with van der Waals surface area (Å²) >= 11 is -4.55. The van der Waals surface area contributed by atoms with Crippen molar-refractivity contribution in [1.29, 1.82) is 0 Å². The molecule has 0 radical (unpaired) electrons. The fourth-order valence-corrected chi connectivity index (χ4v) is 11.8. The van der Waals surface area contributed by atoms with Crippen LogP contribution >= 0.6 is 0 Å². The van der Waals surface area contributed by atoms with Crippen LogP contribution in [0.4, 0.5) is 0 Å². The first-order chi connectivity index (χ1) is 8.54. The number of hydrogen-bond acceptors (Lipinski definition) is 6. The molecule has 0 aliphatic carbocycles. The van der Waals surface area contributed by atoms with Gasteiger partial charge in [-0.05, 0) is 0 Å². The Bertz CT molecular complexity index is 365. The monoisotopic (exact) mass is 380 g/mol. The molecule has 0 aromatic carbocycles. The number of ketones is 2. The average Bonchev–Trinajstić information content (AvgIpc) is 2.24. The summed E-state index contributed by atoms with van der Waals surface area (Å²) in [6, 6.07) is 0. The normalized spacial score (nSPS) is 14.2. The summed E-state index contributed by atoms with van der Waals surface area (Å²) in [6.45, 7) is 8.10. The van der Waals surface area contributed by atoms with E-state index in [0.29, 0.717) is 0 Å². The van der Waals surface area contributed by atoms with Gasteiger partial charge in [0.25, 0.3) is 0 Å². The van der Waals surface area contributed by atoms with E-state index in [1.807, 2.05) is 0 Å². The van der Waals surface area contributed by atoms with E-state index in [0.717, 1.165) is 0 Å². The van der Waals surface area contributed by atoms with Crippen molar-refractivity contribution < 1.29 is 25.3 Å². The second-order valence-electron chi connectivity index (χ2n) is 4.57. The first kappa shape index (κ1) is 18.1. The summed E-state index contributed by atoms with van der Waals surface area (Å²) in [5.74, 6) is -1.80. The zero-order chi connectivity index (χ0) is 15.4. The average molecular weight is 379 g/mol. The van der Waals surface area contributed by atoms with Gasteiger partial charge in [0, 0.05) is 0 Å². The minimum atomic E-state index is -4.55. The molecule has 6 nitrogen and oxygen atoms in total. The summed E-state index contributed by atoms with van der Waals surface area (Å²) in [5, 5.41) is 0. The van der Waals surface area contributed by atoms with Crippen LogP contribution in [0.1, 0.15) is 41.5 Å². The first-order valence-electron chi connectivity index (χ1n) is 5.94. The van der Waals surface area contributed by atoms with E-state index in [-0.39, 0.29) is 11.6 Å². The van der Waals surface area contributed by atoms with Gasteiger partial charge in [0.1, 0.15) is 0 Å². The first-order valence-corrected chi connectivity index (χ1v) is 11.6. The zero-order valence-corrected chi connectivity index (χ0v) is 15.0. The number of carbonyl (C=O) groups excluding carboxylic acids is 4. The second-order valence-corrected chi connectivity index (χ2v) is 14.8. The van der Waals surface area contributed by atoms with Crippen LogP contribution in [0.15, 0.2) is 0 Å². The van der Waals surface area contributed by atoms with E-state index in [9.17, 15) is 19.2 Å². The maximum absolute atomic E-state index is 11.6. The van der Waals surface area contributed by atoms with Crippen molar-refractivity contribution in [3.63, 3.8) is 0 Å². The van der Waals surface area contributed by atoms with Crippen molar-refractivity contribution in [3.8, 4) is 0 Å². The van der Waals surface area contributed by atoms with Gasteiger partial charge in [-0.3, -0.25) is 0 Å². The van der Waals surface area contributed by atoms with Crippen molar-refractivity contribution in [3.05, 3.63) is 0 Å². The van der Waals surface area contributed by atoms with Gasteiger partial charge in [0.2, 0.25) is 0 Å². The summed E-state index contributed by atoms with van der Waals surface area (Å²) in [6.07, 6.45) is 0. The maximum atomic E-state index is 11.6. The molecule has 0 aromatic rings. The third-order valence-corrected chi connectivity index (χ3v) is 15.7. The van der Waals surface area contributed by atoms with E-state index >= 15 is 0 Å². The molecule has 0 bridgehead atoms. The van der Waals surface area contributed by atoms with Crippen LogP contribution in [-0.2, 0) is 25.3 Å². The molecule has 0 amide bonds. The Morgan fingerprint density at radius 1 is 0.737 bits per heavy atom. The van der Waals surface area contributed by atoms with Crippen LogP contribution in [0, 0.1) is 0 Å². The zero-order valence-electron chi connectivity index (χ0n) is 12.1. The molecular weight excluding hydrogens is 359 g/mol. The van der Waals surface area contributed by atoms with Crippen LogP contribution in [-0.4, -0.2) is 42.7 Å². The molecule has 0 fully saturated rings. The van der Waals surface area contributed by atoms with Crippen LogP contribution in [0.3, 0.4) is 0 Å². The molecule has 108 valence electrons. The predicted octanol–water partition coefficient (Wildman–Crippen LogP) is 1.51. The minimum absolute atomic E-state index is 0.258. The van der Waals surface area contributed by atoms with Gasteiger partial charge in [0.15, 0.2) is 0 Å². The van der Waals surface area contributed by atoms with Gasteiger partial charge in [-0.1, -0.05) is 0 Å². The molecule has 0 aliphatic rings. The third kappa shape index (κ3) is 4.59. The molecule has 2 atom stereocenters. The molecule has 0 aromatic heterocycles. The van der Waals surface area contributed by atoms with Crippen LogP contribution in [0.5, 0.6) is 0 Å². The Morgan fingerprint density at radius 2 is 1.00 bits per heavy atom. The van der Waals surface area contributed by atoms with Gasteiger partial charge in [-0.25, -0.2) is 0 Å². The van der Waals surface area contributed by atoms with Crippen molar-refractivity contribution in [2.45, 2.75) is 49.4 Å². The second kappa shape index (κ2) is 7.02. The molecule has 0 heterocycles. The molecule has 0 aliphatic heterocycles. The Kier molecular flexibility index (Phi) is 6.68. The standard InChI is InChI=1S/2C4H7O.2C2H4O2.Sn/c2*1-3-4(2)5;2*1-2(3)4;/h2*3H,1-2H3;2*1H3,(H,3,4);/q;;;;+2/p-2. The summed E-state index contributed by atoms with van der Waals surface area (Å²) in [5.41, 5.74) is 0. The van der Waals surface area contributed by atoms with Gasteiger partial charge < -0.3 is 0 Å². The molecule has 19 heavy (non-hydrogen) atoms. The fourth-order valence-electron chi connectivity index (χ4n) is 1.77. The fraction of sp³-hybridized carbons (Fsp3) is 0.667. The Morgan fingerprint density at radius 3 is 1.16 bits per heavy atom. The number of Topliss-reactive ketones (excluding diaryl/α,β-unsaturated/α-hetero) is 2.